The van der Waals surface area contributed by atoms with Gasteiger partial charge in [-0.2, -0.15) is 0 Å². The van der Waals surface area contributed by atoms with Crippen LogP contribution in [-0.4, -0.2) is 37.6 Å². The largest absolute Gasteiger partial charge is 0.377 e. The van der Waals surface area contributed by atoms with Crippen molar-refractivity contribution in [3.8, 4) is 0 Å². The number of carbonyl (C=O) groups is 1. The summed E-state index contributed by atoms with van der Waals surface area (Å²) < 4.78 is 5.49. The van der Waals surface area contributed by atoms with Gasteiger partial charge in [0.15, 0.2) is 6.29 Å². The molecule has 94 valence electrons. The maximum Gasteiger partial charge on any atom is 0.151 e. The van der Waals surface area contributed by atoms with Crippen molar-refractivity contribution in [3.05, 3.63) is 23.4 Å². The third-order valence-corrected chi connectivity index (χ3v) is 2.45. The Labute approximate surface area is 103 Å². The van der Waals surface area contributed by atoms with E-state index in [2.05, 4.69) is 4.98 Å². The van der Waals surface area contributed by atoms with Crippen molar-refractivity contribution >= 4 is 12.1 Å². The number of likely N-dealkylation sites (N-methyl/N-ethyl adjacent to an activating group) is 1. The fourth-order valence-electron chi connectivity index (χ4n) is 1.58. The van der Waals surface area contributed by atoms with Gasteiger partial charge in [-0.25, -0.2) is 4.98 Å². The molecular formula is C13H20N2O2. The highest BCUT2D eigenvalue weighted by Gasteiger charge is 2.07. The number of ether oxygens (including phenoxy) is 1. The number of anilines is 1. The van der Waals surface area contributed by atoms with Gasteiger partial charge < -0.3 is 9.64 Å². The third-order valence-electron chi connectivity index (χ3n) is 2.45. The van der Waals surface area contributed by atoms with E-state index in [-0.39, 0.29) is 6.10 Å². The molecule has 4 heteroatoms. The van der Waals surface area contributed by atoms with Gasteiger partial charge in [-0.3, -0.25) is 4.79 Å². The van der Waals surface area contributed by atoms with Crippen LogP contribution in [0.5, 0.6) is 0 Å². The quantitative estimate of drug-likeness (QED) is 0.709. The lowest BCUT2D eigenvalue weighted by Crippen LogP contribution is -2.25. The summed E-state index contributed by atoms with van der Waals surface area (Å²) in [5.74, 6) is 0.892. The summed E-state index contributed by atoms with van der Waals surface area (Å²) >= 11 is 0. The molecular weight excluding hydrogens is 216 g/mol. The number of aldehydes is 1. The van der Waals surface area contributed by atoms with Crippen LogP contribution in [0.1, 0.15) is 29.8 Å². The van der Waals surface area contributed by atoms with Crippen LogP contribution >= 0.6 is 0 Å². The molecule has 1 rings (SSSR count). The number of aryl methyl sites for hydroxylation is 1. The topological polar surface area (TPSA) is 42.4 Å². The van der Waals surface area contributed by atoms with Gasteiger partial charge in [-0.05, 0) is 32.4 Å². The van der Waals surface area contributed by atoms with Crippen molar-refractivity contribution in [3.63, 3.8) is 0 Å². The second-order valence-corrected chi connectivity index (χ2v) is 4.37. The fraction of sp³-hybridized carbons (Fsp3) is 0.538. The van der Waals surface area contributed by atoms with Crippen LogP contribution in [0.15, 0.2) is 12.3 Å². The van der Waals surface area contributed by atoms with Crippen molar-refractivity contribution < 1.29 is 9.53 Å². The van der Waals surface area contributed by atoms with E-state index in [4.69, 9.17) is 4.74 Å². The van der Waals surface area contributed by atoms with Gasteiger partial charge in [0.1, 0.15) is 5.82 Å². The fourth-order valence-corrected chi connectivity index (χ4v) is 1.58. The van der Waals surface area contributed by atoms with E-state index in [0.717, 1.165) is 24.2 Å². The maximum absolute atomic E-state index is 10.6. The van der Waals surface area contributed by atoms with E-state index >= 15 is 0 Å². The Balaban J connectivity index is 2.62. The maximum atomic E-state index is 10.6. The van der Waals surface area contributed by atoms with Gasteiger partial charge in [-0.15, -0.1) is 0 Å². The average molecular weight is 236 g/mol. The molecule has 1 heterocycles. The summed E-state index contributed by atoms with van der Waals surface area (Å²) in [6.07, 6.45) is 2.65. The molecule has 0 amide bonds. The van der Waals surface area contributed by atoms with E-state index in [1.807, 2.05) is 38.8 Å². The lowest BCUT2D eigenvalue weighted by molar-refractivity contribution is 0.0845. The van der Waals surface area contributed by atoms with E-state index in [1.54, 1.807) is 6.20 Å². The summed E-state index contributed by atoms with van der Waals surface area (Å²) in [5, 5.41) is 0. The lowest BCUT2D eigenvalue weighted by Gasteiger charge is -2.20. The summed E-state index contributed by atoms with van der Waals surface area (Å²) in [4.78, 5) is 16.9. The Morgan fingerprint density at radius 2 is 2.24 bits per heavy atom. The monoisotopic (exact) mass is 236 g/mol. The molecule has 0 saturated carbocycles. The summed E-state index contributed by atoms with van der Waals surface area (Å²) in [5.41, 5.74) is 1.61. The number of nitrogens with zero attached hydrogens (tertiary/aromatic N) is 2. The van der Waals surface area contributed by atoms with Crippen LogP contribution < -0.4 is 4.90 Å². The number of hydrogen-bond acceptors (Lipinski definition) is 4. The van der Waals surface area contributed by atoms with Crippen LogP contribution in [0, 0.1) is 6.92 Å². The molecule has 0 fully saturated rings. The molecule has 17 heavy (non-hydrogen) atoms. The molecule has 0 saturated heterocycles. The van der Waals surface area contributed by atoms with Gasteiger partial charge in [-0.1, -0.05) is 0 Å². The minimum Gasteiger partial charge on any atom is -0.377 e. The number of rotatable bonds is 6. The van der Waals surface area contributed by atoms with E-state index in [9.17, 15) is 4.79 Å². The smallest absolute Gasteiger partial charge is 0.151 e. The third kappa shape index (κ3) is 4.15. The van der Waals surface area contributed by atoms with E-state index in [0.29, 0.717) is 12.2 Å². The first-order valence-corrected chi connectivity index (χ1v) is 5.79. The molecule has 0 aromatic carbocycles. The van der Waals surface area contributed by atoms with E-state index in [1.165, 1.54) is 0 Å². The van der Waals surface area contributed by atoms with Gasteiger partial charge in [0, 0.05) is 25.4 Å². The van der Waals surface area contributed by atoms with E-state index < -0.39 is 0 Å². The molecule has 0 radical (unpaired) electrons. The highest BCUT2D eigenvalue weighted by molar-refractivity contribution is 5.75. The molecule has 1 aromatic rings. The van der Waals surface area contributed by atoms with Gasteiger partial charge in [0.25, 0.3) is 0 Å². The first kappa shape index (κ1) is 13.6. The highest BCUT2D eigenvalue weighted by atomic mass is 16.5. The van der Waals surface area contributed by atoms with Crippen molar-refractivity contribution in [2.45, 2.75) is 26.9 Å². The molecule has 0 aliphatic rings. The molecule has 0 bridgehead atoms. The van der Waals surface area contributed by atoms with Crippen LogP contribution in [0.2, 0.25) is 0 Å². The molecule has 0 atom stereocenters. The molecule has 1 aromatic heterocycles. The normalized spacial score (nSPS) is 10.6. The highest BCUT2D eigenvalue weighted by Crippen LogP contribution is 2.15. The second-order valence-electron chi connectivity index (χ2n) is 4.37. The Morgan fingerprint density at radius 3 is 2.76 bits per heavy atom. The number of carbonyl (C=O) groups excluding carboxylic acids is 1. The van der Waals surface area contributed by atoms with Crippen LogP contribution in [0.4, 0.5) is 5.82 Å². The zero-order chi connectivity index (χ0) is 12.8. The summed E-state index contributed by atoms with van der Waals surface area (Å²) in [7, 11) is 1.97. The molecule has 0 aliphatic heterocycles. The summed E-state index contributed by atoms with van der Waals surface area (Å²) in [6, 6.07) is 1.84. The lowest BCUT2D eigenvalue weighted by atomic mass is 10.2. The molecule has 0 aliphatic carbocycles. The van der Waals surface area contributed by atoms with Crippen molar-refractivity contribution in [1.29, 1.82) is 0 Å². The zero-order valence-electron chi connectivity index (χ0n) is 10.9. The minimum absolute atomic E-state index is 0.245. The Kier molecular flexibility index (Phi) is 5.10. The number of hydrogen-bond donors (Lipinski definition) is 0. The van der Waals surface area contributed by atoms with Crippen LogP contribution in [0.3, 0.4) is 0 Å². The number of pyridine rings is 1. The first-order chi connectivity index (χ1) is 8.04. The van der Waals surface area contributed by atoms with Gasteiger partial charge >= 0.3 is 0 Å². The zero-order valence-corrected chi connectivity index (χ0v) is 10.9. The molecule has 0 unspecified atom stereocenters. The first-order valence-electron chi connectivity index (χ1n) is 5.79. The second kappa shape index (κ2) is 6.35. The number of aromatic nitrogens is 1. The van der Waals surface area contributed by atoms with Crippen molar-refractivity contribution in [1.82, 2.24) is 4.98 Å². The molecule has 0 spiro atoms. The minimum atomic E-state index is 0.245. The predicted molar refractivity (Wildman–Crippen MR) is 68.7 cm³/mol. The van der Waals surface area contributed by atoms with Crippen LogP contribution in [0.25, 0.3) is 0 Å². The standard InChI is InChI=1S/C13H20N2O2/c1-10(2)17-6-5-15(4)13-11(3)7-12(9-16)8-14-13/h7-10H,5-6H2,1-4H3. The van der Waals surface area contributed by atoms with Gasteiger partial charge in [0.2, 0.25) is 0 Å². The predicted octanol–water partition coefficient (Wildman–Crippen LogP) is 2.06. The molecule has 4 nitrogen and oxygen atoms in total. The Hall–Kier alpha value is -1.42. The van der Waals surface area contributed by atoms with Crippen LogP contribution in [-0.2, 0) is 4.74 Å². The Morgan fingerprint density at radius 1 is 1.53 bits per heavy atom. The Bertz CT molecular complexity index is 378. The van der Waals surface area contributed by atoms with Crippen molar-refractivity contribution in [2.75, 3.05) is 25.1 Å². The SMILES string of the molecule is Cc1cc(C=O)cnc1N(C)CCOC(C)C. The average Bonchev–Trinajstić information content (AvgIpc) is 2.28. The van der Waals surface area contributed by atoms with Gasteiger partial charge in [0.05, 0.1) is 12.7 Å². The van der Waals surface area contributed by atoms with Crippen molar-refractivity contribution in [2.24, 2.45) is 0 Å². The molecule has 0 N–H and O–H groups in total. The summed E-state index contributed by atoms with van der Waals surface area (Å²) in [6.45, 7) is 7.44.